The Kier molecular flexibility index (Phi) is 3.23. The second-order valence-electron chi connectivity index (χ2n) is 4.77. The monoisotopic (exact) mass is 291 g/mol. The summed E-state index contributed by atoms with van der Waals surface area (Å²) in [7, 11) is 0. The lowest BCUT2D eigenvalue weighted by Crippen LogP contribution is -2.33. The molecule has 1 unspecified atom stereocenters. The molecule has 9 nitrogen and oxygen atoms in total. The fourth-order valence-electron chi connectivity index (χ4n) is 2.49. The van der Waals surface area contributed by atoms with Crippen molar-refractivity contribution < 1.29 is 20.1 Å². The van der Waals surface area contributed by atoms with Crippen molar-refractivity contribution in [2.24, 2.45) is 0 Å². The van der Waals surface area contributed by atoms with Gasteiger partial charge in [-0.05, 0) is 0 Å². The Morgan fingerprint density at radius 1 is 1.48 bits per heavy atom. The van der Waals surface area contributed by atoms with Crippen LogP contribution in [0.1, 0.15) is 11.8 Å². The maximum atomic E-state index is 10.0. The quantitative estimate of drug-likeness (QED) is 0.446. The number of rotatable bonds is 2. The molecule has 0 bridgehead atoms. The van der Waals surface area contributed by atoms with E-state index < -0.39 is 31.1 Å². The molecular formula is C12H13N5O4. The molecule has 1 fully saturated rings. The standard InChI is InChI=1S/C12H13N5O4/c13-1-5-2-15-11-7(5)10(14)16-4-17(11)12-9(20)8(19)6(3-18)21-12/h2,4,6,8-9,12,14-15,18-20H,3H2/t6-,8?,9+,12-/m1/s1. The molecule has 3 rings (SSSR count). The van der Waals surface area contributed by atoms with Crippen LogP contribution in [0.2, 0.25) is 0 Å². The summed E-state index contributed by atoms with van der Waals surface area (Å²) < 4.78 is 6.82. The van der Waals surface area contributed by atoms with Crippen LogP contribution in [0.25, 0.3) is 11.0 Å². The van der Waals surface area contributed by atoms with Crippen molar-refractivity contribution in [2.45, 2.75) is 24.5 Å². The minimum atomic E-state index is -1.26. The van der Waals surface area contributed by atoms with E-state index in [1.165, 1.54) is 17.1 Å². The van der Waals surface area contributed by atoms with Gasteiger partial charge in [-0.1, -0.05) is 0 Å². The number of aliphatic hydroxyl groups is 3. The SMILES string of the molecule is N#Cc1c[nH]c2c1c(=N)ncn2[C@@H]1O[C@H](CO)C(O)[C@@H]1O. The van der Waals surface area contributed by atoms with Crippen LogP contribution in [-0.2, 0) is 4.74 Å². The van der Waals surface area contributed by atoms with Crippen molar-refractivity contribution in [1.29, 1.82) is 10.7 Å². The number of fused-ring (bicyclic) bond motifs is 1. The zero-order valence-electron chi connectivity index (χ0n) is 10.8. The predicted octanol–water partition coefficient (Wildman–Crippen LogP) is -1.67. The Balaban J connectivity index is 2.15. The van der Waals surface area contributed by atoms with Gasteiger partial charge >= 0.3 is 0 Å². The summed E-state index contributed by atoms with van der Waals surface area (Å²) in [5, 5.41) is 46.1. The Morgan fingerprint density at radius 3 is 2.86 bits per heavy atom. The number of H-pyrrole nitrogens is 1. The van der Waals surface area contributed by atoms with Gasteiger partial charge in [0, 0.05) is 6.20 Å². The normalized spacial score (nSPS) is 28.9. The first-order chi connectivity index (χ1) is 10.1. The largest absolute Gasteiger partial charge is 0.394 e. The highest BCUT2D eigenvalue weighted by atomic mass is 16.6. The van der Waals surface area contributed by atoms with Crippen molar-refractivity contribution in [3.05, 3.63) is 23.6 Å². The zero-order valence-corrected chi connectivity index (χ0v) is 10.8. The highest BCUT2D eigenvalue weighted by Crippen LogP contribution is 2.30. The molecule has 2 aromatic heterocycles. The molecule has 4 atom stereocenters. The summed E-state index contributed by atoms with van der Waals surface area (Å²) in [4.78, 5) is 6.71. The molecule has 21 heavy (non-hydrogen) atoms. The van der Waals surface area contributed by atoms with E-state index in [2.05, 4.69) is 9.97 Å². The van der Waals surface area contributed by atoms with Gasteiger partial charge in [-0.15, -0.1) is 0 Å². The average molecular weight is 291 g/mol. The van der Waals surface area contributed by atoms with E-state index in [1.807, 2.05) is 6.07 Å². The van der Waals surface area contributed by atoms with Gasteiger partial charge in [0.1, 0.15) is 36.4 Å². The van der Waals surface area contributed by atoms with Gasteiger partial charge in [0.05, 0.1) is 17.6 Å². The fourth-order valence-corrected chi connectivity index (χ4v) is 2.49. The van der Waals surface area contributed by atoms with Crippen molar-refractivity contribution >= 4 is 11.0 Å². The number of hydrogen-bond acceptors (Lipinski definition) is 7. The van der Waals surface area contributed by atoms with E-state index in [0.717, 1.165) is 0 Å². The van der Waals surface area contributed by atoms with Crippen LogP contribution >= 0.6 is 0 Å². The molecule has 2 aromatic rings. The van der Waals surface area contributed by atoms with E-state index in [4.69, 9.17) is 20.5 Å². The lowest BCUT2D eigenvalue weighted by molar-refractivity contribution is -0.0515. The molecule has 0 radical (unpaired) electrons. The van der Waals surface area contributed by atoms with Gasteiger partial charge in [0.15, 0.2) is 11.7 Å². The first kappa shape index (κ1) is 13.7. The van der Waals surface area contributed by atoms with Crippen LogP contribution in [0.5, 0.6) is 0 Å². The molecular weight excluding hydrogens is 278 g/mol. The Bertz CT molecular complexity index is 776. The Hall–Kier alpha value is -2.25. The van der Waals surface area contributed by atoms with Crippen LogP contribution in [0, 0.1) is 16.7 Å². The van der Waals surface area contributed by atoms with Gasteiger partial charge in [0.25, 0.3) is 0 Å². The molecule has 110 valence electrons. The van der Waals surface area contributed by atoms with Crippen LogP contribution in [0.4, 0.5) is 0 Å². The Labute approximate surface area is 118 Å². The topological polar surface area (TPSA) is 151 Å². The van der Waals surface area contributed by atoms with E-state index in [9.17, 15) is 10.2 Å². The number of hydrogen-bond donors (Lipinski definition) is 5. The number of ether oxygens (including phenoxy) is 1. The Morgan fingerprint density at radius 2 is 2.24 bits per heavy atom. The van der Waals surface area contributed by atoms with Crippen LogP contribution < -0.4 is 5.49 Å². The number of nitrogens with one attached hydrogen (secondary N) is 2. The van der Waals surface area contributed by atoms with Gasteiger partial charge < -0.3 is 25.0 Å². The zero-order chi connectivity index (χ0) is 15.1. The van der Waals surface area contributed by atoms with Crippen LogP contribution in [0.3, 0.4) is 0 Å². The summed E-state index contributed by atoms with van der Waals surface area (Å²) in [6, 6.07) is 1.95. The smallest absolute Gasteiger partial charge is 0.165 e. The molecule has 0 amide bonds. The summed E-state index contributed by atoms with van der Waals surface area (Å²) in [5.41, 5.74) is 0.552. The molecule has 3 heterocycles. The van der Waals surface area contributed by atoms with Crippen molar-refractivity contribution in [1.82, 2.24) is 14.5 Å². The van der Waals surface area contributed by atoms with Gasteiger partial charge in [0.2, 0.25) is 0 Å². The summed E-state index contributed by atoms with van der Waals surface area (Å²) >= 11 is 0. The third-order valence-electron chi connectivity index (χ3n) is 3.58. The number of nitriles is 1. The third kappa shape index (κ3) is 1.93. The molecule has 0 saturated carbocycles. The summed E-state index contributed by atoms with van der Waals surface area (Å²) in [6.07, 6.45) is -1.66. The highest BCUT2D eigenvalue weighted by molar-refractivity contribution is 5.81. The van der Waals surface area contributed by atoms with Crippen molar-refractivity contribution in [3.63, 3.8) is 0 Å². The maximum Gasteiger partial charge on any atom is 0.165 e. The van der Waals surface area contributed by atoms with E-state index in [0.29, 0.717) is 11.0 Å². The minimum Gasteiger partial charge on any atom is -0.394 e. The highest BCUT2D eigenvalue weighted by Gasteiger charge is 2.43. The number of aromatic nitrogens is 3. The molecule has 1 aliphatic heterocycles. The molecule has 5 N–H and O–H groups in total. The molecule has 0 aromatic carbocycles. The van der Waals surface area contributed by atoms with Gasteiger partial charge in [-0.2, -0.15) is 5.26 Å². The summed E-state index contributed by atoms with van der Waals surface area (Å²) in [5.74, 6) is 0. The van der Waals surface area contributed by atoms with Gasteiger partial charge in [-0.25, -0.2) is 4.98 Å². The molecule has 0 aliphatic carbocycles. The van der Waals surface area contributed by atoms with E-state index in [-0.39, 0.29) is 11.1 Å². The van der Waals surface area contributed by atoms with Gasteiger partial charge in [-0.3, -0.25) is 9.98 Å². The second-order valence-corrected chi connectivity index (χ2v) is 4.77. The van der Waals surface area contributed by atoms with E-state index in [1.54, 1.807) is 0 Å². The fraction of sp³-hybridized carbons (Fsp3) is 0.417. The average Bonchev–Trinajstić information content (AvgIpc) is 3.04. The lowest BCUT2D eigenvalue weighted by atomic mass is 10.1. The van der Waals surface area contributed by atoms with Crippen molar-refractivity contribution in [3.8, 4) is 6.07 Å². The predicted molar refractivity (Wildman–Crippen MR) is 67.7 cm³/mol. The van der Waals surface area contributed by atoms with Crippen molar-refractivity contribution in [2.75, 3.05) is 6.61 Å². The second kappa shape index (κ2) is 4.94. The third-order valence-corrected chi connectivity index (χ3v) is 3.58. The van der Waals surface area contributed by atoms with Crippen LogP contribution in [-0.4, -0.2) is 54.8 Å². The molecule has 9 heteroatoms. The summed E-state index contributed by atoms with van der Waals surface area (Å²) in [6.45, 7) is -0.434. The molecule has 0 spiro atoms. The lowest BCUT2D eigenvalue weighted by Gasteiger charge is -2.18. The molecule has 1 saturated heterocycles. The number of aromatic amines is 1. The first-order valence-corrected chi connectivity index (χ1v) is 6.24. The maximum absolute atomic E-state index is 10.0. The minimum absolute atomic E-state index is 0.0780. The van der Waals surface area contributed by atoms with Crippen LogP contribution in [0.15, 0.2) is 12.5 Å². The number of aliphatic hydroxyl groups excluding tert-OH is 3. The first-order valence-electron chi connectivity index (χ1n) is 6.24. The molecule has 1 aliphatic rings. The number of nitrogens with zero attached hydrogens (tertiary/aromatic N) is 3. The van der Waals surface area contributed by atoms with E-state index >= 15 is 0 Å².